The van der Waals surface area contributed by atoms with Gasteiger partial charge in [0, 0.05) is 8.00 Å². The van der Waals surface area contributed by atoms with Crippen molar-refractivity contribution in [1.82, 2.24) is 0 Å². The van der Waals surface area contributed by atoms with Crippen LogP contribution in [-0.2, 0) is 8.00 Å². The molecule has 2 rings (SSSR count). The topological polar surface area (TPSA) is 17.1 Å². The number of hydrogen-bond donors (Lipinski definition) is 1. The Kier molecular flexibility index (Phi) is 0.541. The van der Waals surface area contributed by atoms with E-state index in [2.05, 4.69) is 6.58 Å². The molecular formula is C3H4OS3. The first-order valence-corrected chi connectivity index (χ1v) is 6.43. The van der Waals surface area contributed by atoms with Crippen molar-refractivity contribution in [3.63, 3.8) is 0 Å². The normalized spacial score (nSPS) is 54.3. The summed E-state index contributed by atoms with van der Waals surface area (Å²) in [6.45, 7) is 3.57. The number of fused-ring (bicyclic) bond motifs is 1. The minimum Gasteiger partial charge on any atom is -0.263 e. The van der Waals surface area contributed by atoms with Gasteiger partial charge < -0.3 is 0 Å². The predicted molar refractivity (Wildman–Crippen MR) is 37.6 cm³/mol. The minimum absolute atomic E-state index is 0.0486. The van der Waals surface area contributed by atoms with E-state index in [1.165, 1.54) is 0 Å². The molecule has 0 amide bonds. The smallest absolute Gasteiger partial charge is 0.171 e. The van der Waals surface area contributed by atoms with Crippen LogP contribution in [-0.4, -0.2) is 7.62 Å². The van der Waals surface area contributed by atoms with E-state index < -0.39 is 8.00 Å². The average molecular weight is 152 g/mol. The first-order chi connectivity index (χ1) is 3.22. The zero-order chi connectivity index (χ0) is 5.12. The van der Waals surface area contributed by atoms with E-state index >= 15 is 0 Å². The van der Waals surface area contributed by atoms with Gasteiger partial charge in [0.2, 0.25) is 0 Å². The highest BCUT2D eigenvalue weighted by Gasteiger charge is 2.79. The lowest BCUT2D eigenvalue weighted by Gasteiger charge is -1.77. The van der Waals surface area contributed by atoms with Crippen molar-refractivity contribution >= 4 is 29.6 Å². The molecule has 0 spiro atoms. The van der Waals surface area contributed by atoms with Crippen LogP contribution < -0.4 is 0 Å². The molecule has 40 valence electrons. The lowest BCUT2D eigenvalue weighted by molar-refractivity contribution is 0.694. The van der Waals surface area contributed by atoms with Gasteiger partial charge in [0.1, 0.15) is 0 Å². The van der Waals surface area contributed by atoms with E-state index in [1.54, 1.807) is 27.7 Å². The van der Waals surface area contributed by atoms with Gasteiger partial charge in [-0.3, -0.25) is 4.21 Å². The minimum atomic E-state index is -1.64. The number of thiol groups is 1. The molecule has 0 N–H and O–H groups in total. The molecule has 2 aliphatic heterocycles. The maximum Gasteiger partial charge on any atom is 0.171 e. The fourth-order valence-corrected chi connectivity index (χ4v) is 9.91. The van der Waals surface area contributed by atoms with Gasteiger partial charge in [-0.25, -0.2) is 0 Å². The lowest BCUT2D eigenvalue weighted by atomic mass is 10.7. The second-order valence-electron chi connectivity index (χ2n) is 1.51. The van der Waals surface area contributed by atoms with Crippen molar-refractivity contribution in [3.8, 4) is 0 Å². The fourth-order valence-electron chi connectivity index (χ4n) is 0.497. The third-order valence-corrected chi connectivity index (χ3v) is 11.9. The molecule has 0 saturated carbocycles. The molecule has 0 aliphatic carbocycles. The third kappa shape index (κ3) is 0.327. The summed E-state index contributed by atoms with van der Waals surface area (Å²) in [4.78, 5) is 0. The van der Waals surface area contributed by atoms with Crippen LogP contribution in [0.25, 0.3) is 0 Å². The number of hydrogen-bond acceptors (Lipinski definition) is 3. The first kappa shape index (κ1) is 4.47. The summed E-state index contributed by atoms with van der Waals surface area (Å²) in [5.41, 5.74) is 0. The van der Waals surface area contributed by atoms with Gasteiger partial charge in [0.05, 0.1) is 0 Å². The maximum atomic E-state index is 10.8. The van der Waals surface area contributed by atoms with Gasteiger partial charge in [-0.2, -0.15) is 0 Å². The molecular weight excluding hydrogens is 148 g/mol. The van der Waals surface area contributed by atoms with Crippen LogP contribution in [0.3, 0.4) is 0 Å². The van der Waals surface area contributed by atoms with Gasteiger partial charge in [0.25, 0.3) is 0 Å². The SMILES string of the molecule is C=CC12S[SH]1(=O)S2. The van der Waals surface area contributed by atoms with E-state index in [4.69, 9.17) is 0 Å². The Bertz CT molecular complexity index is 175. The molecule has 0 radical (unpaired) electrons. The molecule has 7 heavy (non-hydrogen) atoms. The monoisotopic (exact) mass is 152 g/mol. The molecule has 2 heterocycles. The standard InChI is InChI=1S/C3H4OS3/c1-2-3-5-7(3,4)6-3/h2,7H,1H2. The largest absolute Gasteiger partial charge is 0.263 e. The van der Waals surface area contributed by atoms with E-state index in [-0.39, 0.29) is 3.41 Å². The molecule has 2 saturated heterocycles. The predicted octanol–water partition coefficient (Wildman–Crippen LogP) is 1.17. The summed E-state index contributed by atoms with van der Waals surface area (Å²) < 4.78 is 10.9. The highest BCUT2D eigenvalue weighted by Crippen LogP contribution is 2.93. The zero-order valence-corrected chi connectivity index (χ0v) is 5.98. The molecule has 1 nitrogen and oxygen atoms in total. The molecule has 0 unspecified atom stereocenters. The van der Waals surface area contributed by atoms with Crippen molar-refractivity contribution in [2.24, 2.45) is 0 Å². The molecule has 4 heteroatoms. The molecule has 0 atom stereocenters. The molecule has 0 aromatic carbocycles. The van der Waals surface area contributed by atoms with E-state index in [9.17, 15) is 4.21 Å². The molecule has 0 aromatic rings. The van der Waals surface area contributed by atoms with E-state index in [1.807, 2.05) is 0 Å². The first-order valence-electron chi connectivity index (χ1n) is 1.88. The van der Waals surface area contributed by atoms with Gasteiger partial charge in [-0.1, -0.05) is 12.7 Å². The quantitative estimate of drug-likeness (QED) is 0.263. The zero-order valence-electron chi connectivity index (χ0n) is 3.46. The Morgan fingerprint density at radius 1 is 1.71 bits per heavy atom. The van der Waals surface area contributed by atoms with Crippen molar-refractivity contribution < 1.29 is 4.21 Å². The third-order valence-electron chi connectivity index (χ3n) is 1.08. The van der Waals surface area contributed by atoms with Crippen LogP contribution in [0.4, 0.5) is 0 Å². The Labute approximate surface area is 50.2 Å². The van der Waals surface area contributed by atoms with Crippen LogP contribution in [0.5, 0.6) is 0 Å². The van der Waals surface area contributed by atoms with Crippen LogP contribution >= 0.6 is 21.6 Å². The van der Waals surface area contributed by atoms with E-state index in [0.29, 0.717) is 0 Å². The summed E-state index contributed by atoms with van der Waals surface area (Å²) in [7, 11) is 1.50. The van der Waals surface area contributed by atoms with E-state index in [0.717, 1.165) is 0 Å². The van der Waals surface area contributed by atoms with Crippen molar-refractivity contribution in [3.05, 3.63) is 12.7 Å². The Morgan fingerprint density at radius 2 is 2.14 bits per heavy atom. The Hall–Kier alpha value is 0.590. The van der Waals surface area contributed by atoms with Crippen molar-refractivity contribution in [2.75, 3.05) is 0 Å². The van der Waals surface area contributed by atoms with Crippen LogP contribution in [0, 0.1) is 0 Å². The van der Waals surface area contributed by atoms with Crippen LogP contribution in [0.15, 0.2) is 12.7 Å². The Balaban J connectivity index is 2.44. The summed E-state index contributed by atoms with van der Waals surface area (Å²) in [6.07, 6.45) is 1.79. The lowest BCUT2D eigenvalue weighted by Crippen LogP contribution is -1.72. The molecule has 2 aliphatic rings. The Morgan fingerprint density at radius 3 is 2.14 bits per heavy atom. The molecule has 0 aromatic heterocycles. The fraction of sp³-hybridized carbons (Fsp3) is 0.333. The van der Waals surface area contributed by atoms with Crippen molar-refractivity contribution in [2.45, 2.75) is 3.41 Å². The maximum absolute atomic E-state index is 10.8. The highest BCUT2D eigenvalue weighted by molar-refractivity contribution is 9.38. The van der Waals surface area contributed by atoms with Crippen LogP contribution in [0.2, 0.25) is 0 Å². The van der Waals surface area contributed by atoms with Crippen LogP contribution in [0.1, 0.15) is 0 Å². The summed E-state index contributed by atoms with van der Waals surface area (Å²) in [5.74, 6) is 0. The molecule has 0 bridgehead atoms. The summed E-state index contributed by atoms with van der Waals surface area (Å²) in [6, 6.07) is 0. The van der Waals surface area contributed by atoms with Gasteiger partial charge >= 0.3 is 0 Å². The summed E-state index contributed by atoms with van der Waals surface area (Å²) >= 11 is 0. The second-order valence-corrected chi connectivity index (χ2v) is 10.6. The molecule has 2 fully saturated rings. The van der Waals surface area contributed by atoms with Gasteiger partial charge in [-0.15, -0.1) is 0 Å². The highest BCUT2D eigenvalue weighted by atomic mass is 33.6. The van der Waals surface area contributed by atoms with Crippen molar-refractivity contribution in [1.29, 1.82) is 0 Å². The van der Waals surface area contributed by atoms with Gasteiger partial charge in [-0.05, 0) is 21.6 Å². The summed E-state index contributed by atoms with van der Waals surface area (Å²) in [5, 5.41) is 0. The number of rotatable bonds is 1. The second kappa shape index (κ2) is 0.847. The average Bonchev–Trinajstić information content (AvgIpc) is 2.24. The van der Waals surface area contributed by atoms with Gasteiger partial charge in [0.15, 0.2) is 3.41 Å².